The van der Waals surface area contributed by atoms with Crippen LogP contribution in [-0.2, 0) is 24.2 Å². The van der Waals surface area contributed by atoms with Gasteiger partial charge in [-0.2, -0.15) is 0 Å². The molecule has 0 unspecified atom stereocenters. The highest BCUT2D eigenvalue weighted by Gasteiger charge is 2.24. The van der Waals surface area contributed by atoms with Crippen molar-refractivity contribution in [1.82, 2.24) is 10.6 Å². The first-order valence-corrected chi connectivity index (χ1v) is 12.1. The Morgan fingerprint density at radius 1 is 0.857 bits per heavy atom. The lowest BCUT2D eigenvalue weighted by atomic mass is 10.0. The fourth-order valence-electron chi connectivity index (χ4n) is 3.71. The zero-order valence-electron chi connectivity index (χ0n) is 20.8. The molecule has 0 bridgehead atoms. The van der Waals surface area contributed by atoms with Gasteiger partial charge >= 0.3 is 6.09 Å². The lowest BCUT2D eigenvalue weighted by Crippen LogP contribution is -2.49. The number of hydrogen-bond donors (Lipinski definition) is 4. The summed E-state index contributed by atoms with van der Waals surface area (Å²) in [6.45, 7) is 7.14. The summed E-state index contributed by atoms with van der Waals surface area (Å²) in [6, 6.07) is 27.8. The van der Waals surface area contributed by atoms with Gasteiger partial charge in [0.15, 0.2) is 0 Å². The monoisotopic (exact) mass is 475 g/mol. The number of rotatable bonds is 11. The standard InChI is InChI=1S/C29H37N3O3/c1-29(2,3)35-28(34)32-26(18-22-11-6-4-7-12-22)27(33)21-30-19-24-15-10-16-25(17-24)31-20-23-13-8-5-9-14-23/h4-17,26-27,30-31,33H,18-21H2,1-3H3,(H,32,34)/t26-,27+/m0/s1. The van der Waals surface area contributed by atoms with Crippen LogP contribution in [-0.4, -0.2) is 35.5 Å². The van der Waals surface area contributed by atoms with E-state index in [9.17, 15) is 9.90 Å². The normalized spacial score (nSPS) is 13.0. The molecule has 0 radical (unpaired) electrons. The quantitative estimate of drug-likeness (QED) is 0.318. The Balaban J connectivity index is 1.54. The molecule has 1 amide bonds. The minimum atomic E-state index is -0.790. The van der Waals surface area contributed by atoms with Gasteiger partial charge in [-0.1, -0.05) is 72.8 Å². The number of anilines is 1. The number of alkyl carbamates (subject to hydrolysis) is 1. The van der Waals surface area contributed by atoms with E-state index in [2.05, 4.69) is 34.1 Å². The first-order valence-electron chi connectivity index (χ1n) is 12.1. The number of aliphatic hydroxyl groups is 1. The van der Waals surface area contributed by atoms with Crippen molar-refractivity contribution in [2.45, 2.75) is 58.0 Å². The number of carbonyl (C=O) groups excluding carboxylic acids is 1. The minimum Gasteiger partial charge on any atom is -0.444 e. The molecule has 3 aromatic carbocycles. The van der Waals surface area contributed by atoms with Crippen molar-refractivity contribution in [3.63, 3.8) is 0 Å². The molecule has 6 nitrogen and oxygen atoms in total. The van der Waals surface area contributed by atoms with Crippen LogP contribution in [0.25, 0.3) is 0 Å². The molecule has 0 aliphatic heterocycles. The smallest absolute Gasteiger partial charge is 0.407 e. The summed E-state index contributed by atoms with van der Waals surface area (Å²) in [4.78, 5) is 12.4. The molecule has 0 fully saturated rings. The number of nitrogens with one attached hydrogen (secondary N) is 3. The number of aliphatic hydroxyl groups excluding tert-OH is 1. The van der Waals surface area contributed by atoms with Crippen LogP contribution in [0.4, 0.5) is 10.5 Å². The number of ether oxygens (including phenoxy) is 1. The minimum absolute atomic E-state index is 0.328. The Labute approximate surface area is 208 Å². The Morgan fingerprint density at radius 3 is 2.14 bits per heavy atom. The molecule has 35 heavy (non-hydrogen) atoms. The fourth-order valence-corrected chi connectivity index (χ4v) is 3.71. The fraction of sp³-hybridized carbons (Fsp3) is 0.345. The third-order valence-corrected chi connectivity index (χ3v) is 5.41. The molecule has 0 saturated carbocycles. The van der Waals surface area contributed by atoms with Gasteiger partial charge in [0.1, 0.15) is 5.60 Å². The van der Waals surface area contributed by atoms with Crippen molar-refractivity contribution in [3.8, 4) is 0 Å². The van der Waals surface area contributed by atoms with Crippen LogP contribution < -0.4 is 16.0 Å². The largest absolute Gasteiger partial charge is 0.444 e. The summed E-state index contributed by atoms with van der Waals surface area (Å²) in [7, 11) is 0. The highest BCUT2D eigenvalue weighted by molar-refractivity contribution is 5.68. The number of hydrogen-bond acceptors (Lipinski definition) is 5. The predicted octanol–water partition coefficient (Wildman–Crippen LogP) is 4.89. The molecule has 0 aliphatic carbocycles. The zero-order chi connectivity index (χ0) is 25.1. The van der Waals surface area contributed by atoms with E-state index in [1.807, 2.05) is 87.5 Å². The van der Waals surface area contributed by atoms with E-state index in [1.54, 1.807) is 0 Å². The molecule has 0 heterocycles. The molecule has 3 aromatic rings. The average Bonchev–Trinajstić information content (AvgIpc) is 2.83. The molecular weight excluding hydrogens is 438 g/mol. The Bertz CT molecular complexity index is 1040. The van der Waals surface area contributed by atoms with Gasteiger partial charge in [0.25, 0.3) is 0 Å². The summed E-state index contributed by atoms with van der Waals surface area (Å²) >= 11 is 0. The van der Waals surface area contributed by atoms with E-state index in [4.69, 9.17) is 4.74 Å². The van der Waals surface area contributed by atoms with E-state index in [0.717, 1.165) is 23.4 Å². The van der Waals surface area contributed by atoms with Crippen molar-refractivity contribution in [2.75, 3.05) is 11.9 Å². The zero-order valence-corrected chi connectivity index (χ0v) is 20.8. The molecule has 3 rings (SSSR count). The third kappa shape index (κ3) is 9.81. The first-order chi connectivity index (χ1) is 16.8. The van der Waals surface area contributed by atoms with Gasteiger partial charge in [-0.05, 0) is 56.0 Å². The van der Waals surface area contributed by atoms with Gasteiger partial charge in [0.05, 0.1) is 12.1 Å². The van der Waals surface area contributed by atoms with Gasteiger partial charge < -0.3 is 25.8 Å². The van der Waals surface area contributed by atoms with Crippen LogP contribution in [0, 0.1) is 0 Å². The lowest BCUT2D eigenvalue weighted by molar-refractivity contribution is 0.0422. The van der Waals surface area contributed by atoms with Crippen molar-refractivity contribution in [3.05, 3.63) is 102 Å². The molecule has 6 heteroatoms. The van der Waals surface area contributed by atoms with Gasteiger partial charge in [-0.15, -0.1) is 0 Å². The van der Waals surface area contributed by atoms with E-state index in [0.29, 0.717) is 19.5 Å². The SMILES string of the molecule is CC(C)(C)OC(=O)N[C@@H](Cc1ccccc1)[C@H](O)CNCc1cccc(NCc2ccccc2)c1. The Hall–Kier alpha value is -3.35. The Morgan fingerprint density at radius 2 is 1.49 bits per heavy atom. The maximum Gasteiger partial charge on any atom is 0.407 e. The van der Waals surface area contributed by atoms with Crippen LogP contribution in [0.5, 0.6) is 0 Å². The molecular formula is C29H37N3O3. The molecule has 2 atom stereocenters. The van der Waals surface area contributed by atoms with Crippen molar-refractivity contribution in [2.24, 2.45) is 0 Å². The van der Waals surface area contributed by atoms with Gasteiger partial charge in [-0.25, -0.2) is 4.79 Å². The van der Waals surface area contributed by atoms with E-state index < -0.39 is 23.8 Å². The van der Waals surface area contributed by atoms with Crippen LogP contribution in [0.2, 0.25) is 0 Å². The van der Waals surface area contributed by atoms with Crippen LogP contribution in [0.1, 0.15) is 37.5 Å². The predicted molar refractivity (Wildman–Crippen MR) is 141 cm³/mol. The second-order valence-electron chi connectivity index (χ2n) is 9.68. The second-order valence-corrected chi connectivity index (χ2v) is 9.68. The number of benzene rings is 3. The number of carbonyl (C=O) groups is 1. The van der Waals surface area contributed by atoms with Gasteiger partial charge in [0.2, 0.25) is 0 Å². The molecule has 0 saturated heterocycles. The topological polar surface area (TPSA) is 82.6 Å². The molecule has 186 valence electrons. The molecule has 0 aromatic heterocycles. The van der Waals surface area contributed by atoms with Crippen molar-refractivity contribution < 1.29 is 14.6 Å². The van der Waals surface area contributed by atoms with Crippen molar-refractivity contribution in [1.29, 1.82) is 0 Å². The van der Waals surface area contributed by atoms with Gasteiger partial charge in [-0.3, -0.25) is 0 Å². The maximum absolute atomic E-state index is 12.4. The summed E-state index contributed by atoms with van der Waals surface area (Å²) in [5.41, 5.74) is 3.80. The third-order valence-electron chi connectivity index (χ3n) is 5.41. The summed E-state index contributed by atoms with van der Waals surface area (Å²) in [5.74, 6) is 0. The van der Waals surface area contributed by atoms with Crippen LogP contribution >= 0.6 is 0 Å². The molecule has 0 aliphatic rings. The van der Waals surface area contributed by atoms with Gasteiger partial charge in [0, 0.05) is 25.3 Å². The molecule has 4 N–H and O–H groups in total. The average molecular weight is 476 g/mol. The highest BCUT2D eigenvalue weighted by atomic mass is 16.6. The number of amides is 1. The highest BCUT2D eigenvalue weighted by Crippen LogP contribution is 2.13. The summed E-state index contributed by atoms with van der Waals surface area (Å²) < 4.78 is 5.41. The summed E-state index contributed by atoms with van der Waals surface area (Å²) in [6.07, 6.45) is -0.821. The maximum atomic E-state index is 12.4. The van der Waals surface area contributed by atoms with Crippen LogP contribution in [0.15, 0.2) is 84.9 Å². The van der Waals surface area contributed by atoms with E-state index in [1.165, 1.54) is 5.56 Å². The van der Waals surface area contributed by atoms with Crippen LogP contribution in [0.3, 0.4) is 0 Å². The molecule has 0 spiro atoms. The summed E-state index contributed by atoms with van der Waals surface area (Å²) in [5, 5.41) is 20.5. The van der Waals surface area contributed by atoms with Crippen molar-refractivity contribution >= 4 is 11.8 Å². The Kier molecular flexibility index (Phi) is 9.70. The van der Waals surface area contributed by atoms with E-state index in [-0.39, 0.29) is 0 Å². The van der Waals surface area contributed by atoms with E-state index >= 15 is 0 Å². The second kappa shape index (κ2) is 12.9. The first kappa shape index (κ1) is 26.3. The lowest BCUT2D eigenvalue weighted by Gasteiger charge is -2.27.